The Balaban J connectivity index is 1.57. The molecular formula is C16H21N5O2. The number of allylic oxidation sites excluding steroid dienone is 2. The predicted molar refractivity (Wildman–Crippen MR) is 86.4 cm³/mol. The molecular weight excluding hydrogens is 294 g/mol. The van der Waals surface area contributed by atoms with Crippen molar-refractivity contribution in [3.8, 4) is 6.01 Å². The summed E-state index contributed by atoms with van der Waals surface area (Å²) in [6, 6.07) is 1.20. The van der Waals surface area contributed by atoms with E-state index in [2.05, 4.69) is 25.6 Å². The van der Waals surface area contributed by atoms with Crippen LogP contribution in [0.4, 0.5) is 11.9 Å². The summed E-state index contributed by atoms with van der Waals surface area (Å²) in [6.07, 6.45) is 13.0. The number of hydrogen-bond acceptors (Lipinski definition) is 7. The minimum atomic E-state index is -0.857. The zero-order valence-electron chi connectivity index (χ0n) is 13.2. The van der Waals surface area contributed by atoms with Crippen molar-refractivity contribution in [1.82, 2.24) is 15.0 Å². The molecule has 1 heterocycles. The van der Waals surface area contributed by atoms with Gasteiger partial charge in [-0.1, -0.05) is 18.2 Å². The third-order valence-corrected chi connectivity index (χ3v) is 4.05. The summed E-state index contributed by atoms with van der Waals surface area (Å²) >= 11 is 0. The van der Waals surface area contributed by atoms with Crippen LogP contribution in [-0.4, -0.2) is 39.9 Å². The van der Waals surface area contributed by atoms with Crippen molar-refractivity contribution in [3.05, 3.63) is 24.3 Å². The van der Waals surface area contributed by atoms with Gasteiger partial charge in [0.25, 0.3) is 0 Å². The second-order valence-corrected chi connectivity index (χ2v) is 6.21. The average molecular weight is 315 g/mol. The molecule has 7 heteroatoms. The van der Waals surface area contributed by atoms with Gasteiger partial charge in [-0.15, -0.1) is 0 Å². The van der Waals surface area contributed by atoms with Gasteiger partial charge in [-0.3, -0.25) is 0 Å². The van der Waals surface area contributed by atoms with Gasteiger partial charge in [0.15, 0.2) is 0 Å². The van der Waals surface area contributed by atoms with Gasteiger partial charge >= 0.3 is 6.01 Å². The Kier molecular flexibility index (Phi) is 3.65. The molecule has 0 bridgehead atoms. The van der Waals surface area contributed by atoms with Crippen LogP contribution < -0.4 is 15.4 Å². The molecule has 7 nitrogen and oxygen atoms in total. The number of rotatable bonds is 7. The quantitative estimate of drug-likeness (QED) is 0.747. The van der Waals surface area contributed by atoms with Crippen LogP contribution in [0, 0.1) is 0 Å². The molecule has 2 saturated carbocycles. The lowest BCUT2D eigenvalue weighted by molar-refractivity contribution is -0.127. The Morgan fingerprint density at radius 2 is 1.65 bits per heavy atom. The smallest absolute Gasteiger partial charge is 0.325 e. The van der Waals surface area contributed by atoms with Crippen molar-refractivity contribution in [2.24, 2.45) is 0 Å². The van der Waals surface area contributed by atoms with Gasteiger partial charge in [-0.05, 0) is 31.8 Å². The first-order valence-corrected chi connectivity index (χ1v) is 8.12. The summed E-state index contributed by atoms with van der Waals surface area (Å²) in [5.74, 6) is 0.258. The molecule has 122 valence electrons. The lowest BCUT2D eigenvalue weighted by Crippen LogP contribution is -2.37. The standard InChI is InChI=1S/C16H21N5O2/c1-22-16(9-3-2-4-10-16)23-15-20-13(17-11-5-6-11)19-14(21-15)18-12-7-8-12/h2-4,9,11-12H,5-8,10H2,1H3,(H2,17,18,19,20,21). The Labute approximate surface area is 135 Å². The van der Waals surface area contributed by atoms with Crippen LogP contribution in [0.3, 0.4) is 0 Å². The highest BCUT2D eigenvalue weighted by molar-refractivity contribution is 5.39. The van der Waals surface area contributed by atoms with E-state index in [0.717, 1.165) is 25.7 Å². The van der Waals surface area contributed by atoms with Crippen LogP contribution in [0.1, 0.15) is 32.1 Å². The van der Waals surface area contributed by atoms with Crippen LogP contribution in [0.2, 0.25) is 0 Å². The lowest BCUT2D eigenvalue weighted by atomic mass is 10.1. The van der Waals surface area contributed by atoms with E-state index in [1.54, 1.807) is 7.11 Å². The van der Waals surface area contributed by atoms with E-state index in [1.165, 1.54) is 0 Å². The lowest BCUT2D eigenvalue weighted by Gasteiger charge is -2.29. The predicted octanol–water partition coefficient (Wildman–Crippen LogP) is 2.26. The minimum Gasteiger partial charge on any atom is -0.426 e. The fourth-order valence-electron chi connectivity index (χ4n) is 2.36. The first-order valence-electron chi connectivity index (χ1n) is 8.12. The van der Waals surface area contributed by atoms with E-state index >= 15 is 0 Å². The second-order valence-electron chi connectivity index (χ2n) is 6.21. The number of aromatic nitrogens is 3. The van der Waals surface area contributed by atoms with Gasteiger partial charge in [0, 0.05) is 25.6 Å². The summed E-state index contributed by atoms with van der Waals surface area (Å²) in [4.78, 5) is 13.2. The van der Waals surface area contributed by atoms with E-state index < -0.39 is 5.79 Å². The number of nitrogens with zero attached hydrogens (tertiary/aromatic N) is 3. The average Bonchev–Trinajstić information content (AvgIpc) is 3.45. The molecule has 4 rings (SSSR count). The van der Waals surface area contributed by atoms with Gasteiger partial charge in [0.1, 0.15) is 0 Å². The summed E-state index contributed by atoms with van der Waals surface area (Å²) in [7, 11) is 1.62. The zero-order valence-corrected chi connectivity index (χ0v) is 13.2. The van der Waals surface area contributed by atoms with Gasteiger partial charge in [0.05, 0.1) is 0 Å². The van der Waals surface area contributed by atoms with Crippen molar-refractivity contribution >= 4 is 11.9 Å². The highest BCUT2D eigenvalue weighted by atomic mass is 16.7. The first-order chi connectivity index (χ1) is 11.2. The van der Waals surface area contributed by atoms with E-state index in [1.807, 2.05) is 24.3 Å². The highest BCUT2D eigenvalue weighted by Gasteiger charge is 2.32. The molecule has 23 heavy (non-hydrogen) atoms. The van der Waals surface area contributed by atoms with Crippen LogP contribution in [0.5, 0.6) is 6.01 Å². The Morgan fingerprint density at radius 1 is 1.00 bits per heavy atom. The van der Waals surface area contributed by atoms with Crippen LogP contribution >= 0.6 is 0 Å². The molecule has 2 fully saturated rings. The van der Waals surface area contributed by atoms with Crippen molar-refractivity contribution in [2.75, 3.05) is 17.7 Å². The molecule has 1 unspecified atom stereocenters. The number of nitrogens with one attached hydrogen (secondary N) is 2. The van der Waals surface area contributed by atoms with Crippen LogP contribution in [-0.2, 0) is 4.74 Å². The molecule has 3 aliphatic rings. The van der Waals surface area contributed by atoms with Gasteiger partial charge in [-0.25, -0.2) is 0 Å². The van der Waals surface area contributed by atoms with Gasteiger partial charge < -0.3 is 20.1 Å². The molecule has 2 N–H and O–H groups in total. The first kappa shape index (κ1) is 14.4. The molecule has 0 saturated heterocycles. The Morgan fingerprint density at radius 3 is 2.13 bits per heavy atom. The fourth-order valence-corrected chi connectivity index (χ4v) is 2.36. The number of ether oxygens (including phenoxy) is 2. The van der Waals surface area contributed by atoms with E-state index in [4.69, 9.17) is 9.47 Å². The number of hydrogen-bond donors (Lipinski definition) is 2. The molecule has 0 aliphatic heterocycles. The molecule has 0 spiro atoms. The second kappa shape index (κ2) is 5.81. The zero-order chi connectivity index (χ0) is 15.7. The minimum absolute atomic E-state index is 0.271. The van der Waals surface area contributed by atoms with Crippen molar-refractivity contribution in [3.63, 3.8) is 0 Å². The third-order valence-electron chi connectivity index (χ3n) is 4.05. The maximum absolute atomic E-state index is 5.97. The highest BCUT2D eigenvalue weighted by Crippen LogP contribution is 2.29. The van der Waals surface area contributed by atoms with Crippen molar-refractivity contribution < 1.29 is 9.47 Å². The topological polar surface area (TPSA) is 81.2 Å². The van der Waals surface area contributed by atoms with E-state index in [-0.39, 0.29) is 6.01 Å². The number of anilines is 2. The molecule has 1 aromatic rings. The summed E-state index contributed by atoms with van der Waals surface area (Å²) in [5, 5.41) is 6.61. The SMILES string of the molecule is COC1(Oc2nc(NC3CC3)nc(NC3CC3)n2)C=CC=CC1. The summed E-state index contributed by atoms with van der Waals surface area (Å²) in [5.41, 5.74) is 0. The molecule has 0 amide bonds. The Hall–Kier alpha value is -2.15. The van der Waals surface area contributed by atoms with Crippen molar-refractivity contribution in [1.29, 1.82) is 0 Å². The number of methoxy groups -OCH3 is 1. The van der Waals surface area contributed by atoms with Crippen molar-refractivity contribution in [2.45, 2.75) is 50.0 Å². The van der Waals surface area contributed by atoms with E-state index in [9.17, 15) is 0 Å². The third kappa shape index (κ3) is 3.61. The monoisotopic (exact) mass is 315 g/mol. The maximum atomic E-state index is 5.97. The summed E-state index contributed by atoms with van der Waals surface area (Å²) < 4.78 is 11.5. The van der Waals surface area contributed by atoms with Crippen LogP contribution in [0.25, 0.3) is 0 Å². The molecule has 3 aliphatic carbocycles. The maximum Gasteiger partial charge on any atom is 0.325 e. The van der Waals surface area contributed by atoms with Gasteiger partial charge in [-0.2, -0.15) is 15.0 Å². The molecule has 1 atom stereocenters. The fraction of sp³-hybridized carbons (Fsp3) is 0.562. The Bertz CT molecular complexity index is 607. The molecule has 0 aromatic carbocycles. The molecule has 1 aromatic heterocycles. The summed E-state index contributed by atoms with van der Waals surface area (Å²) in [6.45, 7) is 0. The van der Waals surface area contributed by atoms with Crippen LogP contribution in [0.15, 0.2) is 24.3 Å². The molecule has 0 radical (unpaired) electrons. The largest absolute Gasteiger partial charge is 0.426 e. The van der Waals surface area contributed by atoms with Gasteiger partial charge in [0.2, 0.25) is 17.7 Å². The normalized spacial score (nSPS) is 26.1. The van der Waals surface area contributed by atoms with E-state index in [0.29, 0.717) is 30.4 Å².